The Balaban J connectivity index is 1.85. The van der Waals surface area contributed by atoms with Crippen LogP contribution in [0.3, 0.4) is 0 Å². The standard InChI is InChI=1S/C14H12N2O2/c17-13-9-18-12-7-11(8-15-14(12)16-13)6-10-4-2-1-3-5-10/h1-5,7-8H,6,9H2,(H,15,16,17). The Kier molecular flexibility index (Phi) is 2.68. The lowest BCUT2D eigenvalue weighted by Gasteiger charge is -2.17. The number of hydrogen-bond donors (Lipinski definition) is 1. The van der Waals surface area contributed by atoms with E-state index < -0.39 is 0 Å². The zero-order valence-corrected chi connectivity index (χ0v) is 9.72. The molecule has 3 rings (SSSR count). The van der Waals surface area contributed by atoms with E-state index in [-0.39, 0.29) is 12.5 Å². The van der Waals surface area contributed by atoms with Crippen LogP contribution in [0, 0.1) is 0 Å². The summed E-state index contributed by atoms with van der Waals surface area (Å²) >= 11 is 0. The van der Waals surface area contributed by atoms with Gasteiger partial charge in [0, 0.05) is 6.20 Å². The summed E-state index contributed by atoms with van der Waals surface area (Å²) < 4.78 is 5.34. The maximum Gasteiger partial charge on any atom is 0.263 e. The number of amides is 1. The van der Waals surface area contributed by atoms with Crippen LogP contribution >= 0.6 is 0 Å². The van der Waals surface area contributed by atoms with Crippen molar-refractivity contribution in [3.8, 4) is 5.75 Å². The molecule has 18 heavy (non-hydrogen) atoms. The van der Waals surface area contributed by atoms with Crippen molar-refractivity contribution in [2.75, 3.05) is 11.9 Å². The molecule has 1 N–H and O–H groups in total. The molecule has 1 amide bonds. The lowest BCUT2D eigenvalue weighted by Crippen LogP contribution is -2.26. The van der Waals surface area contributed by atoms with Crippen LogP contribution in [0.4, 0.5) is 5.82 Å². The monoisotopic (exact) mass is 240 g/mol. The van der Waals surface area contributed by atoms with E-state index in [0.29, 0.717) is 11.6 Å². The van der Waals surface area contributed by atoms with Gasteiger partial charge in [-0.3, -0.25) is 4.79 Å². The highest BCUT2D eigenvalue weighted by molar-refractivity contribution is 5.94. The SMILES string of the molecule is O=C1COc2cc(Cc3ccccc3)cnc2N1. The van der Waals surface area contributed by atoms with Crippen molar-refractivity contribution in [2.45, 2.75) is 6.42 Å². The first-order valence-corrected chi connectivity index (χ1v) is 5.77. The van der Waals surface area contributed by atoms with E-state index in [0.717, 1.165) is 12.0 Å². The number of rotatable bonds is 2. The molecule has 1 aromatic heterocycles. The van der Waals surface area contributed by atoms with Crippen LogP contribution in [0.15, 0.2) is 42.6 Å². The number of aromatic nitrogens is 1. The Labute approximate surface area is 105 Å². The van der Waals surface area contributed by atoms with Crippen LogP contribution in [0.25, 0.3) is 0 Å². The molecule has 0 saturated carbocycles. The number of fused-ring (bicyclic) bond motifs is 1. The van der Waals surface area contributed by atoms with Crippen molar-refractivity contribution in [3.05, 3.63) is 53.7 Å². The molecule has 0 spiro atoms. The molecule has 1 aliphatic rings. The number of nitrogens with zero attached hydrogens (tertiary/aromatic N) is 1. The van der Waals surface area contributed by atoms with Crippen molar-refractivity contribution in [1.29, 1.82) is 0 Å². The first kappa shape index (κ1) is 10.8. The summed E-state index contributed by atoms with van der Waals surface area (Å²) in [6, 6.07) is 12.1. The van der Waals surface area contributed by atoms with Gasteiger partial charge in [0.2, 0.25) is 0 Å². The summed E-state index contributed by atoms with van der Waals surface area (Å²) in [5.41, 5.74) is 2.29. The van der Waals surface area contributed by atoms with Crippen LogP contribution in [0.1, 0.15) is 11.1 Å². The molecular formula is C14H12N2O2. The zero-order chi connectivity index (χ0) is 12.4. The minimum Gasteiger partial charge on any atom is -0.480 e. The molecule has 1 aliphatic heterocycles. The largest absolute Gasteiger partial charge is 0.480 e. The Morgan fingerprint density at radius 3 is 2.89 bits per heavy atom. The normalized spacial score (nSPS) is 13.4. The average molecular weight is 240 g/mol. The average Bonchev–Trinajstić information content (AvgIpc) is 2.40. The van der Waals surface area contributed by atoms with Gasteiger partial charge < -0.3 is 10.1 Å². The number of hydrogen-bond acceptors (Lipinski definition) is 3. The van der Waals surface area contributed by atoms with Gasteiger partial charge in [0.15, 0.2) is 18.2 Å². The molecule has 0 bridgehead atoms. The lowest BCUT2D eigenvalue weighted by molar-refractivity contribution is -0.118. The second-order valence-corrected chi connectivity index (χ2v) is 4.19. The second-order valence-electron chi connectivity index (χ2n) is 4.19. The fraction of sp³-hybridized carbons (Fsp3) is 0.143. The summed E-state index contributed by atoms with van der Waals surface area (Å²) in [6.07, 6.45) is 2.57. The van der Waals surface area contributed by atoms with E-state index in [1.807, 2.05) is 24.3 Å². The minimum absolute atomic E-state index is 0.0590. The van der Waals surface area contributed by atoms with E-state index >= 15 is 0 Å². The van der Waals surface area contributed by atoms with E-state index in [1.165, 1.54) is 5.56 Å². The van der Waals surface area contributed by atoms with Crippen molar-refractivity contribution in [2.24, 2.45) is 0 Å². The Bertz CT molecular complexity index is 582. The van der Waals surface area contributed by atoms with Crippen LogP contribution in [0.5, 0.6) is 5.75 Å². The van der Waals surface area contributed by atoms with Crippen molar-refractivity contribution >= 4 is 11.7 Å². The van der Waals surface area contributed by atoms with Crippen molar-refractivity contribution in [3.63, 3.8) is 0 Å². The van der Waals surface area contributed by atoms with Gasteiger partial charge in [-0.2, -0.15) is 0 Å². The van der Waals surface area contributed by atoms with Gasteiger partial charge >= 0.3 is 0 Å². The fourth-order valence-electron chi connectivity index (χ4n) is 1.93. The molecule has 0 saturated heterocycles. The molecule has 4 heteroatoms. The topological polar surface area (TPSA) is 51.2 Å². The molecule has 1 aromatic carbocycles. The third-order valence-corrected chi connectivity index (χ3v) is 2.78. The highest BCUT2D eigenvalue weighted by atomic mass is 16.5. The summed E-state index contributed by atoms with van der Waals surface area (Å²) in [7, 11) is 0. The zero-order valence-electron chi connectivity index (χ0n) is 9.72. The molecule has 4 nitrogen and oxygen atoms in total. The second kappa shape index (κ2) is 4.49. The number of carbonyl (C=O) groups is 1. The Hall–Kier alpha value is -2.36. The third kappa shape index (κ3) is 2.18. The number of nitrogens with one attached hydrogen (secondary N) is 1. The number of pyridine rings is 1. The summed E-state index contributed by atoms with van der Waals surface area (Å²) in [5.74, 6) is 0.983. The molecule has 2 heterocycles. The maximum absolute atomic E-state index is 11.1. The molecule has 0 radical (unpaired) electrons. The molecular weight excluding hydrogens is 228 g/mol. The summed E-state index contributed by atoms with van der Waals surface area (Å²) in [6.45, 7) is 0.0590. The fourth-order valence-corrected chi connectivity index (χ4v) is 1.93. The molecule has 2 aromatic rings. The smallest absolute Gasteiger partial charge is 0.263 e. The minimum atomic E-state index is -0.161. The lowest BCUT2D eigenvalue weighted by atomic mass is 10.1. The molecule has 0 aliphatic carbocycles. The Morgan fingerprint density at radius 1 is 1.22 bits per heavy atom. The first-order valence-electron chi connectivity index (χ1n) is 5.77. The van der Waals surface area contributed by atoms with Gasteiger partial charge in [-0.1, -0.05) is 30.3 Å². The van der Waals surface area contributed by atoms with E-state index in [1.54, 1.807) is 6.20 Å². The quantitative estimate of drug-likeness (QED) is 0.873. The van der Waals surface area contributed by atoms with Gasteiger partial charge in [0.1, 0.15) is 0 Å². The maximum atomic E-state index is 11.1. The van der Waals surface area contributed by atoms with Crippen molar-refractivity contribution in [1.82, 2.24) is 4.98 Å². The first-order chi connectivity index (χ1) is 8.81. The third-order valence-electron chi connectivity index (χ3n) is 2.78. The van der Waals surface area contributed by atoms with Gasteiger partial charge in [-0.25, -0.2) is 4.98 Å². The van der Waals surface area contributed by atoms with Gasteiger partial charge in [0.25, 0.3) is 5.91 Å². The highest BCUT2D eigenvalue weighted by Crippen LogP contribution is 2.26. The van der Waals surface area contributed by atoms with Crippen LogP contribution in [-0.4, -0.2) is 17.5 Å². The van der Waals surface area contributed by atoms with Gasteiger partial charge in [0.05, 0.1) is 0 Å². The van der Waals surface area contributed by atoms with E-state index in [2.05, 4.69) is 22.4 Å². The predicted octanol–water partition coefficient (Wildman–Crippen LogP) is 2.00. The molecule has 90 valence electrons. The molecule has 0 atom stereocenters. The number of ether oxygens (including phenoxy) is 1. The predicted molar refractivity (Wildman–Crippen MR) is 67.6 cm³/mol. The van der Waals surface area contributed by atoms with E-state index in [4.69, 9.17) is 4.74 Å². The van der Waals surface area contributed by atoms with Crippen LogP contribution < -0.4 is 10.1 Å². The number of anilines is 1. The van der Waals surface area contributed by atoms with Crippen LogP contribution in [-0.2, 0) is 11.2 Å². The number of carbonyl (C=O) groups excluding carboxylic acids is 1. The summed E-state index contributed by atoms with van der Waals surface area (Å²) in [4.78, 5) is 15.3. The van der Waals surface area contributed by atoms with Crippen LogP contribution in [0.2, 0.25) is 0 Å². The van der Waals surface area contributed by atoms with Gasteiger partial charge in [-0.05, 0) is 23.6 Å². The Morgan fingerprint density at radius 2 is 2.06 bits per heavy atom. The number of benzene rings is 1. The summed E-state index contributed by atoms with van der Waals surface area (Å²) in [5, 5.41) is 2.68. The highest BCUT2D eigenvalue weighted by Gasteiger charge is 2.17. The van der Waals surface area contributed by atoms with E-state index in [9.17, 15) is 4.79 Å². The van der Waals surface area contributed by atoms with Crippen molar-refractivity contribution < 1.29 is 9.53 Å². The molecule has 0 unspecified atom stereocenters. The van der Waals surface area contributed by atoms with Gasteiger partial charge in [-0.15, -0.1) is 0 Å². The molecule has 0 fully saturated rings.